The van der Waals surface area contributed by atoms with E-state index in [-0.39, 0.29) is 19.2 Å². The monoisotopic (exact) mass is 318 g/mol. The van der Waals surface area contributed by atoms with Gasteiger partial charge in [0.2, 0.25) is 0 Å². The molecule has 124 valence electrons. The van der Waals surface area contributed by atoms with E-state index in [4.69, 9.17) is 4.74 Å². The topological polar surface area (TPSA) is 74.8 Å². The van der Waals surface area contributed by atoms with Gasteiger partial charge in [-0.05, 0) is 19.1 Å². The summed E-state index contributed by atoms with van der Waals surface area (Å²) in [6.07, 6.45) is 1.76. The summed E-state index contributed by atoms with van der Waals surface area (Å²) in [5, 5.41) is 2.75. The van der Waals surface area contributed by atoms with Crippen LogP contribution in [0.15, 0.2) is 36.5 Å². The molecule has 0 bridgehead atoms. The number of amides is 2. The van der Waals surface area contributed by atoms with Crippen molar-refractivity contribution in [1.29, 1.82) is 0 Å². The largest absolute Gasteiger partial charge is 0.460 e. The number of pyridine rings is 1. The van der Waals surface area contributed by atoms with E-state index in [0.717, 1.165) is 18.9 Å². The van der Waals surface area contributed by atoms with Crippen molar-refractivity contribution in [3.05, 3.63) is 36.5 Å². The fourth-order valence-corrected chi connectivity index (χ4v) is 2.22. The van der Waals surface area contributed by atoms with E-state index in [1.165, 1.54) is 0 Å². The summed E-state index contributed by atoms with van der Waals surface area (Å²) in [5.41, 5.74) is 0.349. The van der Waals surface area contributed by atoms with Crippen molar-refractivity contribution in [3.8, 4) is 0 Å². The number of carbonyl (C=O) groups excluding carboxylic acids is 2. The highest BCUT2D eigenvalue weighted by atomic mass is 16.5. The first-order valence-electron chi connectivity index (χ1n) is 7.59. The van der Waals surface area contributed by atoms with Gasteiger partial charge in [-0.25, -0.2) is 14.6 Å². The van der Waals surface area contributed by atoms with Crippen molar-refractivity contribution >= 4 is 17.8 Å². The zero-order valence-electron chi connectivity index (χ0n) is 13.3. The van der Waals surface area contributed by atoms with Crippen LogP contribution < -0.4 is 10.2 Å². The molecule has 2 rings (SSSR count). The summed E-state index contributed by atoms with van der Waals surface area (Å²) in [4.78, 5) is 31.5. The van der Waals surface area contributed by atoms with Gasteiger partial charge in [0.25, 0.3) is 0 Å². The predicted octanol–water partition coefficient (Wildman–Crippen LogP) is 1.03. The number of aromatic nitrogens is 1. The average Bonchev–Trinajstić information content (AvgIpc) is 2.59. The van der Waals surface area contributed by atoms with E-state index in [1.807, 2.05) is 18.2 Å². The zero-order valence-corrected chi connectivity index (χ0v) is 13.3. The van der Waals surface area contributed by atoms with Gasteiger partial charge < -0.3 is 19.9 Å². The zero-order chi connectivity index (χ0) is 16.7. The van der Waals surface area contributed by atoms with Crippen molar-refractivity contribution < 1.29 is 14.3 Å². The van der Waals surface area contributed by atoms with Crippen LogP contribution in [-0.2, 0) is 9.53 Å². The van der Waals surface area contributed by atoms with Crippen LogP contribution in [0.4, 0.5) is 10.6 Å². The highest BCUT2D eigenvalue weighted by molar-refractivity contribution is 5.86. The van der Waals surface area contributed by atoms with Crippen LogP contribution >= 0.6 is 0 Å². The molecular weight excluding hydrogens is 296 g/mol. The summed E-state index contributed by atoms with van der Waals surface area (Å²) in [6.45, 7) is 8.27. The lowest BCUT2D eigenvalue weighted by Gasteiger charge is -2.35. The second-order valence-electron chi connectivity index (χ2n) is 5.31. The fourth-order valence-electron chi connectivity index (χ4n) is 2.22. The van der Waals surface area contributed by atoms with E-state index in [0.29, 0.717) is 18.7 Å². The second-order valence-corrected chi connectivity index (χ2v) is 5.31. The van der Waals surface area contributed by atoms with Crippen molar-refractivity contribution in [3.63, 3.8) is 0 Å². The first-order valence-corrected chi connectivity index (χ1v) is 7.59. The molecule has 7 heteroatoms. The third kappa shape index (κ3) is 4.98. The molecule has 0 aromatic carbocycles. The predicted molar refractivity (Wildman–Crippen MR) is 87.2 cm³/mol. The van der Waals surface area contributed by atoms with Crippen molar-refractivity contribution in [2.75, 3.05) is 44.2 Å². The SMILES string of the molecule is C=C(C)C(=O)OCCNC(=O)N1CCN(c2ccccn2)CC1. The lowest BCUT2D eigenvalue weighted by molar-refractivity contribution is -0.138. The second kappa shape index (κ2) is 8.17. The molecule has 0 atom stereocenters. The van der Waals surface area contributed by atoms with Crippen LogP contribution in [0.3, 0.4) is 0 Å². The molecule has 0 saturated carbocycles. The van der Waals surface area contributed by atoms with Gasteiger partial charge in [0.05, 0.1) is 6.54 Å². The van der Waals surface area contributed by atoms with Gasteiger partial charge in [-0.2, -0.15) is 0 Å². The van der Waals surface area contributed by atoms with Gasteiger partial charge >= 0.3 is 12.0 Å². The van der Waals surface area contributed by atoms with Crippen LogP contribution in [0.1, 0.15) is 6.92 Å². The fraction of sp³-hybridized carbons (Fsp3) is 0.438. The Labute approximate surface area is 135 Å². The van der Waals surface area contributed by atoms with Crippen LogP contribution in [0.25, 0.3) is 0 Å². The van der Waals surface area contributed by atoms with E-state index < -0.39 is 5.97 Å². The maximum absolute atomic E-state index is 12.0. The number of anilines is 1. The minimum atomic E-state index is -0.441. The molecule has 0 radical (unpaired) electrons. The summed E-state index contributed by atoms with van der Waals surface area (Å²) in [7, 11) is 0. The van der Waals surface area contributed by atoms with Gasteiger partial charge in [0, 0.05) is 37.9 Å². The Balaban J connectivity index is 1.68. The van der Waals surface area contributed by atoms with Gasteiger partial charge in [0.1, 0.15) is 12.4 Å². The molecule has 1 fully saturated rings. The number of nitrogens with zero attached hydrogens (tertiary/aromatic N) is 3. The van der Waals surface area contributed by atoms with Crippen molar-refractivity contribution in [1.82, 2.24) is 15.2 Å². The molecule has 1 aromatic heterocycles. The lowest BCUT2D eigenvalue weighted by Crippen LogP contribution is -2.52. The Morgan fingerprint density at radius 1 is 1.30 bits per heavy atom. The standard InChI is InChI=1S/C16H22N4O3/c1-13(2)15(21)23-12-7-18-16(22)20-10-8-19(9-11-20)14-5-3-4-6-17-14/h3-6H,1,7-12H2,2H3,(H,18,22). The number of nitrogens with one attached hydrogen (secondary N) is 1. The quantitative estimate of drug-likeness (QED) is 0.499. The molecule has 0 spiro atoms. The molecule has 2 heterocycles. The van der Waals surface area contributed by atoms with E-state index in [9.17, 15) is 9.59 Å². The first kappa shape index (κ1) is 16.8. The van der Waals surface area contributed by atoms with Gasteiger partial charge in [-0.1, -0.05) is 12.6 Å². The van der Waals surface area contributed by atoms with Gasteiger partial charge in [-0.3, -0.25) is 0 Å². The molecule has 1 aliphatic rings. The van der Waals surface area contributed by atoms with Crippen molar-refractivity contribution in [2.45, 2.75) is 6.92 Å². The number of hydrogen-bond donors (Lipinski definition) is 1. The van der Waals surface area contributed by atoms with Gasteiger partial charge in [-0.15, -0.1) is 0 Å². The Morgan fingerprint density at radius 3 is 2.65 bits per heavy atom. The number of hydrogen-bond acceptors (Lipinski definition) is 5. The number of rotatable bonds is 5. The normalized spacial score (nSPS) is 14.3. The average molecular weight is 318 g/mol. The highest BCUT2D eigenvalue weighted by Crippen LogP contribution is 2.12. The number of ether oxygens (including phenoxy) is 1. The summed E-state index contributed by atoms with van der Waals surface area (Å²) < 4.78 is 4.93. The Bertz CT molecular complexity index is 554. The molecule has 1 saturated heterocycles. The Hall–Kier alpha value is -2.57. The lowest BCUT2D eigenvalue weighted by atomic mass is 10.3. The van der Waals surface area contributed by atoms with Gasteiger partial charge in [0.15, 0.2) is 0 Å². The summed E-state index contributed by atoms with van der Waals surface area (Å²) in [5.74, 6) is 0.488. The Kier molecular flexibility index (Phi) is 5.96. The summed E-state index contributed by atoms with van der Waals surface area (Å²) >= 11 is 0. The van der Waals surface area contributed by atoms with Crippen LogP contribution in [0.2, 0.25) is 0 Å². The van der Waals surface area contributed by atoms with Crippen molar-refractivity contribution in [2.24, 2.45) is 0 Å². The highest BCUT2D eigenvalue weighted by Gasteiger charge is 2.21. The molecule has 0 unspecified atom stereocenters. The number of piperazine rings is 1. The maximum atomic E-state index is 12.0. The number of carbonyl (C=O) groups is 2. The molecular formula is C16H22N4O3. The van der Waals surface area contributed by atoms with Crippen LogP contribution in [-0.4, -0.2) is 61.2 Å². The van der Waals surface area contributed by atoms with E-state index >= 15 is 0 Å². The minimum Gasteiger partial charge on any atom is -0.460 e. The van der Waals surface area contributed by atoms with E-state index in [2.05, 4.69) is 21.8 Å². The molecule has 1 N–H and O–H groups in total. The van der Waals surface area contributed by atoms with Crippen LogP contribution in [0, 0.1) is 0 Å². The maximum Gasteiger partial charge on any atom is 0.333 e. The molecule has 0 aliphatic carbocycles. The number of esters is 1. The first-order chi connectivity index (χ1) is 11.1. The summed E-state index contributed by atoms with van der Waals surface area (Å²) in [6, 6.07) is 5.66. The number of urea groups is 1. The molecule has 23 heavy (non-hydrogen) atoms. The molecule has 1 aromatic rings. The molecule has 2 amide bonds. The smallest absolute Gasteiger partial charge is 0.333 e. The van der Waals surface area contributed by atoms with E-state index in [1.54, 1.807) is 18.0 Å². The third-order valence-electron chi connectivity index (χ3n) is 3.50. The third-order valence-corrected chi connectivity index (χ3v) is 3.50. The molecule has 1 aliphatic heterocycles. The Morgan fingerprint density at radius 2 is 2.04 bits per heavy atom. The minimum absolute atomic E-state index is 0.142. The molecule has 7 nitrogen and oxygen atoms in total. The van der Waals surface area contributed by atoms with Crippen LogP contribution in [0.5, 0.6) is 0 Å².